The Morgan fingerprint density at radius 2 is 1.88 bits per heavy atom. The number of methoxy groups -OCH3 is 1. The molecule has 24 heavy (non-hydrogen) atoms. The van der Waals surface area contributed by atoms with Gasteiger partial charge in [0.25, 0.3) is 0 Å². The zero-order valence-corrected chi connectivity index (χ0v) is 14.1. The van der Waals surface area contributed by atoms with Crippen LogP contribution in [-0.2, 0) is 11.2 Å². The van der Waals surface area contributed by atoms with Crippen molar-refractivity contribution in [2.45, 2.75) is 26.7 Å². The van der Waals surface area contributed by atoms with Crippen molar-refractivity contribution in [3.05, 3.63) is 58.7 Å². The number of nitrogens with one attached hydrogen (secondary N) is 1. The third-order valence-electron chi connectivity index (χ3n) is 3.84. The summed E-state index contributed by atoms with van der Waals surface area (Å²) in [4.78, 5) is 23.1. The fraction of sp³-hybridized carbons (Fsp3) is 0.263. The summed E-state index contributed by atoms with van der Waals surface area (Å²) >= 11 is 0. The first-order chi connectivity index (χ1) is 11.4. The monoisotopic (exact) mass is 327 g/mol. The van der Waals surface area contributed by atoms with E-state index in [-0.39, 0.29) is 11.5 Å². The van der Waals surface area contributed by atoms with Gasteiger partial charge >= 0.3 is 5.97 Å². The number of carbonyl (C=O) groups excluding carboxylic acids is 1. The summed E-state index contributed by atoms with van der Waals surface area (Å²) < 4.78 is 5.15. The van der Waals surface area contributed by atoms with Gasteiger partial charge in [-0.2, -0.15) is 0 Å². The predicted octanol–water partition coefficient (Wildman–Crippen LogP) is 3.58. The summed E-state index contributed by atoms with van der Waals surface area (Å²) in [6.07, 6.45) is 0.987. The molecule has 0 atom stereocenters. The van der Waals surface area contributed by atoms with Gasteiger partial charge in [-0.15, -0.1) is 0 Å². The van der Waals surface area contributed by atoms with Crippen LogP contribution in [0.15, 0.2) is 36.4 Å². The van der Waals surface area contributed by atoms with Gasteiger partial charge in [-0.25, -0.2) is 4.79 Å². The fourth-order valence-corrected chi connectivity index (χ4v) is 2.51. The van der Waals surface area contributed by atoms with Gasteiger partial charge < -0.3 is 15.2 Å². The summed E-state index contributed by atoms with van der Waals surface area (Å²) in [7, 11) is 1.44. The number of hydrogen-bond acceptors (Lipinski definition) is 3. The maximum absolute atomic E-state index is 12.2. The number of aromatic carboxylic acids is 1. The Labute approximate surface area is 141 Å². The van der Waals surface area contributed by atoms with E-state index in [1.807, 2.05) is 26.0 Å². The number of amides is 1. The lowest BCUT2D eigenvalue weighted by molar-refractivity contribution is -0.116. The lowest BCUT2D eigenvalue weighted by atomic mass is 10.0. The Morgan fingerprint density at radius 1 is 1.12 bits per heavy atom. The Balaban J connectivity index is 2.03. The van der Waals surface area contributed by atoms with Crippen molar-refractivity contribution in [3.63, 3.8) is 0 Å². The van der Waals surface area contributed by atoms with Crippen LogP contribution in [0.5, 0.6) is 5.75 Å². The molecule has 0 aromatic heterocycles. The fourth-order valence-electron chi connectivity index (χ4n) is 2.51. The third-order valence-corrected chi connectivity index (χ3v) is 3.84. The smallest absolute Gasteiger partial charge is 0.335 e. The normalized spacial score (nSPS) is 10.3. The molecule has 0 unspecified atom stereocenters. The highest BCUT2D eigenvalue weighted by Crippen LogP contribution is 2.26. The lowest BCUT2D eigenvalue weighted by Crippen LogP contribution is -2.13. The molecule has 0 saturated heterocycles. The van der Waals surface area contributed by atoms with Crippen LogP contribution < -0.4 is 10.1 Å². The van der Waals surface area contributed by atoms with Gasteiger partial charge in [0.2, 0.25) is 5.91 Å². The first-order valence-electron chi connectivity index (χ1n) is 7.68. The molecule has 2 N–H and O–H groups in total. The number of carboxylic acids is 1. The number of rotatable bonds is 6. The summed E-state index contributed by atoms with van der Waals surface area (Å²) in [6, 6.07) is 10.5. The van der Waals surface area contributed by atoms with Crippen LogP contribution >= 0.6 is 0 Å². The van der Waals surface area contributed by atoms with Crippen molar-refractivity contribution in [1.29, 1.82) is 0 Å². The highest BCUT2D eigenvalue weighted by Gasteiger charge is 2.12. The summed E-state index contributed by atoms with van der Waals surface area (Å²) in [5.74, 6) is -0.855. The largest absolute Gasteiger partial charge is 0.495 e. The molecule has 2 aromatic carbocycles. The molecule has 5 heteroatoms. The van der Waals surface area contributed by atoms with E-state index in [0.29, 0.717) is 24.3 Å². The average Bonchev–Trinajstić information content (AvgIpc) is 2.54. The first-order valence-corrected chi connectivity index (χ1v) is 7.68. The molecule has 5 nitrogen and oxygen atoms in total. The minimum Gasteiger partial charge on any atom is -0.495 e. The zero-order chi connectivity index (χ0) is 17.7. The number of benzene rings is 2. The minimum atomic E-state index is -1.04. The van der Waals surface area contributed by atoms with Crippen molar-refractivity contribution < 1.29 is 19.4 Å². The van der Waals surface area contributed by atoms with Gasteiger partial charge in [0, 0.05) is 6.42 Å². The molecule has 0 saturated carbocycles. The van der Waals surface area contributed by atoms with Gasteiger partial charge in [0.05, 0.1) is 18.4 Å². The van der Waals surface area contributed by atoms with Crippen LogP contribution in [0.3, 0.4) is 0 Å². The molecule has 126 valence electrons. The van der Waals surface area contributed by atoms with E-state index in [4.69, 9.17) is 9.84 Å². The number of aryl methyl sites for hydroxylation is 3. The maximum atomic E-state index is 12.2. The van der Waals surface area contributed by atoms with Gasteiger partial charge in [0.1, 0.15) is 5.75 Å². The molecular weight excluding hydrogens is 306 g/mol. The van der Waals surface area contributed by atoms with Crippen LogP contribution in [0.2, 0.25) is 0 Å². The molecule has 0 radical (unpaired) electrons. The average molecular weight is 327 g/mol. The van der Waals surface area contributed by atoms with Crippen LogP contribution in [-0.4, -0.2) is 24.1 Å². The van der Waals surface area contributed by atoms with Crippen molar-refractivity contribution in [2.24, 2.45) is 0 Å². The Bertz CT molecular complexity index is 768. The number of carboxylic acid groups (broad SMARTS) is 1. The molecule has 1 amide bonds. The van der Waals surface area contributed by atoms with Crippen LogP contribution in [0.4, 0.5) is 5.69 Å². The Hall–Kier alpha value is -2.82. The van der Waals surface area contributed by atoms with Gasteiger partial charge in [-0.05, 0) is 49.6 Å². The first kappa shape index (κ1) is 17.5. The van der Waals surface area contributed by atoms with E-state index >= 15 is 0 Å². The van der Waals surface area contributed by atoms with Gasteiger partial charge in [-0.1, -0.05) is 23.8 Å². The molecule has 2 rings (SSSR count). The Morgan fingerprint density at radius 3 is 2.50 bits per heavy atom. The topological polar surface area (TPSA) is 75.6 Å². The van der Waals surface area contributed by atoms with Crippen LogP contribution in [0.1, 0.15) is 33.5 Å². The molecule has 0 heterocycles. The highest BCUT2D eigenvalue weighted by atomic mass is 16.5. The Kier molecular flexibility index (Phi) is 5.58. The summed E-state index contributed by atoms with van der Waals surface area (Å²) in [5, 5.41) is 11.8. The molecule has 0 spiro atoms. The van der Waals surface area contributed by atoms with Crippen molar-refractivity contribution >= 4 is 17.6 Å². The lowest BCUT2D eigenvalue weighted by Gasteiger charge is -2.11. The van der Waals surface area contributed by atoms with E-state index in [1.54, 1.807) is 0 Å². The molecule has 0 aliphatic carbocycles. The van der Waals surface area contributed by atoms with E-state index in [9.17, 15) is 9.59 Å². The molecule has 0 aliphatic rings. The number of hydrogen-bond donors (Lipinski definition) is 2. The van der Waals surface area contributed by atoms with E-state index < -0.39 is 5.97 Å². The number of anilines is 1. The van der Waals surface area contributed by atoms with Gasteiger partial charge in [-0.3, -0.25) is 4.79 Å². The van der Waals surface area contributed by atoms with Gasteiger partial charge in [0.15, 0.2) is 0 Å². The van der Waals surface area contributed by atoms with Crippen LogP contribution in [0, 0.1) is 13.8 Å². The van der Waals surface area contributed by atoms with E-state index in [0.717, 1.165) is 5.56 Å². The van der Waals surface area contributed by atoms with Crippen molar-refractivity contribution in [2.75, 3.05) is 12.4 Å². The third kappa shape index (κ3) is 4.35. The zero-order valence-electron chi connectivity index (χ0n) is 14.1. The number of ether oxygens (including phenoxy) is 1. The van der Waals surface area contributed by atoms with Crippen molar-refractivity contribution in [3.8, 4) is 5.75 Å². The van der Waals surface area contributed by atoms with Crippen LogP contribution in [0.25, 0.3) is 0 Å². The second-order valence-electron chi connectivity index (χ2n) is 5.70. The summed E-state index contributed by atoms with van der Waals surface area (Å²) in [5.41, 5.74) is 4.09. The molecule has 0 fully saturated rings. The minimum absolute atomic E-state index is 0.111. The quantitative estimate of drug-likeness (QED) is 0.850. The summed E-state index contributed by atoms with van der Waals surface area (Å²) in [6.45, 7) is 4.07. The highest BCUT2D eigenvalue weighted by molar-refractivity contribution is 5.94. The predicted molar refractivity (Wildman–Crippen MR) is 92.8 cm³/mol. The second-order valence-corrected chi connectivity index (χ2v) is 5.70. The van der Waals surface area contributed by atoms with E-state index in [1.165, 1.54) is 36.4 Å². The molecule has 0 aliphatic heterocycles. The van der Waals surface area contributed by atoms with E-state index in [2.05, 4.69) is 11.4 Å². The molecule has 0 bridgehead atoms. The maximum Gasteiger partial charge on any atom is 0.335 e. The molecule has 2 aromatic rings. The SMILES string of the molecule is COc1cc(C(=O)O)ccc1NC(=O)CCc1ccc(C)cc1C. The second kappa shape index (κ2) is 7.64. The molecular formula is C19H21NO4. The standard InChI is InChI=1S/C19H21NO4/c1-12-4-5-14(13(2)10-12)7-9-18(21)20-16-8-6-15(19(22)23)11-17(16)24-3/h4-6,8,10-11H,7,9H2,1-3H3,(H,20,21)(H,22,23). The number of carbonyl (C=O) groups is 2. The van der Waals surface area contributed by atoms with Crippen molar-refractivity contribution in [1.82, 2.24) is 0 Å².